The number of rotatable bonds is 4. The summed E-state index contributed by atoms with van der Waals surface area (Å²) in [6, 6.07) is 10.3. The van der Waals surface area contributed by atoms with Gasteiger partial charge in [-0.25, -0.2) is 4.39 Å². The van der Waals surface area contributed by atoms with Crippen LogP contribution in [0.25, 0.3) is 0 Å². The maximum absolute atomic E-state index is 13.4. The Hall–Kier alpha value is -1.87. The molecule has 2 aliphatic carbocycles. The van der Waals surface area contributed by atoms with Gasteiger partial charge in [0.1, 0.15) is 11.7 Å². The summed E-state index contributed by atoms with van der Waals surface area (Å²) in [6.45, 7) is 0. The highest BCUT2D eigenvalue weighted by molar-refractivity contribution is 5.61. The van der Waals surface area contributed by atoms with Crippen molar-refractivity contribution in [2.45, 2.75) is 5.41 Å². The number of benzene rings is 1. The number of nitrogens with zero attached hydrogens (tertiary/aromatic N) is 2. The highest BCUT2D eigenvalue weighted by atomic mass is 19.1. The Kier molecular flexibility index (Phi) is 4.67. The molecule has 0 amide bonds. The minimum atomic E-state index is -0.940. The van der Waals surface area contributed by atoms with Gasteiger partial charge in [-0.1, -0.05) is 12.1 Å². The third-order valence-corrected chi connectivity index (χ3v) is 4.23. The molecule has 0 unspecified atom stereocenters. The van der Waals surface area contributed by atoms with Gasteiger partial charge in [-0.15, -0.1) is 0 Å². The van der Waals surface area contributed by atoms with E-state index in [1.807, 2.05) is 51.4 Å². The van der Waals surface area contributed by atoms with Gasteiger partial charge in [0.15, 0.2) is 0 Å². The van der Waals surface area contributed by atoms with E-state index < -0.39 is 11.3 Å². The zero-order chi connectivity index (χ0) is 16.3. The van der Waals surface area contributed by atoms with E-state index >= 15 is 0 Å². The summed E-state index contributed by atoms with van der Waals surface area (Å²) >= 11 is 0. The predicted octanol–water partition coefficient (Wildman–Crippen LogP) is 3.54. The lowest BCUT2D eigenvalue weighted by Gasteiger charge is -2.44. The molecule has 0 atom stereocenters. The van der Waals surface area contributed by atoms with Crippen molar-refractivity contribution in [1.29, 1.82) is 10.5 Å². The van der Waals surface area contributed by atoms with E-state index in [0.29, 0.717) is 0 Å². The van der Waals surface area contributed by atoms with Gasteiger partial charge >= 0.3 is 0 Å². The molecule has 1 aromatic carbocycles. The van der Waals surface area contributed by atoms with Crippen LogP contribution in [0.2, 0.25) is 0 Å². The fraction of sp³-hybridized carbons (Fsp3) is 0.100. The molecule has 2 aliphatic rings. The van der Waals surface area contributed by atoms with Gasteiger partial charge in [0.25, 0.3) is 0 Å². The van der Waals surface area contributed by atoms with E-state index in [9.17, 15) is 14.9 Å². The van der Waals surface area contributed by atoms with Crippen LogP contribution in [-0.4, -0.2) is 0 Å². The first-order chi connectivity index (χ1) is 11.2. The maximum Gasteiger partial charge on any atom is 0.144 e. The zero-order valence-electron chi connectivity index (χ0n) is 12.3. The van der Waals surface area contributed by atoms with Gasteiger partial charge in [-0.05, 0) is 80.9 Å². The van der Waals surface area contributed by atoms with Crippen LogP contribution in [0.1, 0.15) is 5.56 Å². The molecule has 2 fully saturated rings. The fourth-order valence-corrected chi connectivity index (χ4v) is 3.21. The van der Waals surface area contributed by atoms with Crippen LogP contribution < -0.4 is 0 Å². The average molecular weight is 300 g/mol. The molecule has 1 aromatic rings. The molecule has 0 aromatic heterocycles. The van der Waals surface area contributed by atoms with Gasteiger partial charge in [0.05, 0.1) is 12.1 Å². The van der Waals surface area contributed by atoms with Crippen molar-refractivity contribution in [2.24, 2.45) is 5.92 Å². The molecule has 23 heavy (non-hydrogen) atoms. The second-order valence-electron chi connectivity index (χ2n) is 5.35. The molecule has 10 radical (unpaired) electrons. The largest absolute Gasteiger partial charge is 0.207 e. The smallest absolute Gasteiger partial charge is 0.144 e. The Labute approximate surface area is 137 Å². The molecular formula is C20H13FN2. The Morgan fingerprint density at radius 2 is 1.22 bits per heavy atom. The van der Waals surface area contributed by atoms with Gasteiger partial charge in [-0.2, -0.15) is 10.5 Å². The van der Waals surface area contributed by atoms with Crippen LogP contribution in [0.15, 0.2) is 24.3 Å². The molecule has 3 heteroatoms. The molecular weight excluding hydrogens is 287 g/mol. The molecule has 0 spiro atoms. The topological polar surface area (TPSA) is 47.6 Å². The standard InChI is InChI=1S/C20H13FN2/c21-19-11-9-17(10-12-19)20(18(13-22)14-23,15-5-1-2-6-15)16-7-3-4-8-16/h1-12,18H. The minimum Gasteiger partial charge on any atom is -0.207 e. The van der Waals surface area contributed by atoms with Crippen molar-refractivity contribution < 1.29 is 4.39 Å². The van der Waals surface area contributed by atoms with Crippen LogP contribution in [-0.2, 0) is 5.41 Å². The molecule has 0 heterocycles. The highest BCUT2D eigenvalue weighted by Crippen LogP contribution is 2.56. The lowest BCUT2D eigenvalue weighted by atomic mass is 9.55. The van der Waals surface area contributed by atoms with Crippen molar-refractivity contribution in [3.05, 3.63) is 98.8 Å². The number of hydrogen-bond donors (Lipinski definition) is 0. The minimum absolute atomic E-state index is 0.349. The lowest BCUT2D eigenvalue weighted by Crippen LogP contribution is -2.45. The van der Waals surface area contributed by atoms with Gasteiger partial charge in [-0.3, -0.25) is 0 Å². The quantitative estimate of drug-likeness (QED) is 0.854. The Balaban J connectivity index is 2.17. The van der Waals surface area contributed by atoms with Crippen molar-refractivity contribution in [3.8, 4) is 12.1 Å². The van der Waals surface area contributed by atoms with Crippen LogP contribution in [0.3, 0.4) is 0 Å². The van der Waals surface area contributed by atoms with E-state index in [-0.39, 0.29) is 5.82 Å². The number of halogens is 1. The van der Waals surface area contributed by atoms with E-state index in [2.05, 4.69) is 12.1 Å². The molecule has 0 bridgehead atoms. The van der Waals surface area contributed by atoms with Crippen LogP contribution >= 0.6 is 0 Å². The SMILES string of the molecule is N#CC(C#N)C([C]1[CH][CH][CH][CH]1)([C]1[CH][CH][CH][CH]1)c1ccc(F)cc1. The molecule has 0 saturated heterocycles. The summed E-state index contributed by atoms with van der Waals surface area (Å²) in [6.07, 6.45) is 15.1. The summed E-state index contributed by atoms with van der Waals surface area (Å²) in [5.74, 6) is 0.419. The van der Waals surface area contributed by atoms with E-state index in [4.69, 9.17) is 0 Å². The van der Waals surface area contributed by atoms with Gasteiger partial charge in [0, 0.05) is 5.41 Å². The van der Waals surface area contributed by atoms with Crippen LogP contribution in [0.4, 0.5) is 4.39 Å². The normalized spacial score (nSPS) is 19.8. The lowest BCUT2D eigenvalue weighted by molar-refractivity contribution is 0.449. The summed E-state index contributed by atoms with van der Waals surface area (Å²) in [7, 11) is 0. The first-order valence-corrected chi connectivity index (χ1v) is 7.23. The number of nitriles is 2. The van der Waals surface area contributed by atoms with Crippen molar-refractivity contribution >= 4 is 0 Å². The first-order valence-electron chi connectivity index (χ1n) is 7.23. The Bertz CT molecular complexity index is 581. The van der Waals surface area contributed by atoms with E-state index in [0.717, 1.165) is 17.4 Å². The Morgan fingerprint density at radius 3 is 1.61 bits per heavy atom. The summed E-state index contributed by atoms with van der Waals surface area (Å²) in [4.78, 5) is 0. The third-order valence-electron chi connectivity index (χ3n) is 4.23. The van der Waals surface area contributed by atoms with E-state index in [1.165, 1.54) is 12.1 Å². The van der Waals surface area contributed by atoms with Crippen LogP contribution in [0.5, 0.6) is 0 Å². The maximum atomic E-state index is 13.4. The molecule has 0 N–H and O–H groups in total. The second-order valence-corrected chi connectivity index (χ2v) is 5.35. The zero-order valence-corrected chi connectivity index (χ0v) is 12.3. The fourth-order valence-electron chi connectivity index (χ4n) is 3.21. The molecule has 3 rings (SSSR count). The monoisotopic (exact) mass is 300 g/mol. The Morgan fingerprint density at radius 1 is 0.783 bits per heavy atom. The van der Waals surface area contributed by atoms with Crippen molar-refractivity contribution in [3.63, 3.8) is 0 Å². The first kappa shape index (κ1) is 16.0. The van der Waals surface area contributed by atoms with Crippen molar-refractivity contribution in [2.75, 3.05) is 0 Å². The summed E-state index contributed by atoms with van der Waals surface area (Å²) < 4.78 is 13.4. The second kappa shape index (κ2) is 6.71. The number of hydrogen-bond acceptors (Lipinski definition) is 2. The average Bonchev–Trinajstić information content (AvgIpc) is 3.27. The molecule has 2 nitrogen and oxygen atoms in total. The molecule has 2 saturated carbocycles. The molecule has 110 valence electrons. The molecule has 0 aliphatic heterocycles. The van der Waals surface area contributed by atoms with Gasteiger partial charge in [0.2, 0.25) is 0 Å². The summed E-state index contributed by atoms with van der Waals surface area (Å²) in [5.41, 5.74) is -0.214. The van der Waals surface area contributed by atoms with E-state index in [1.54, 1.807) is 12.1 Å². The third kappa shape index (κ3) is 2.63. The van der Waals surface area contributed by atoms with Crippen molar-refractivity contribution in [1.82, 2.24) is 0 Å². The van der Waals surface area contributed by atoms with Crippen LogP contribution in [0, 0.1) is 97.6 Å². The summed E-state index contributed by atoms with van der Waals surface area (Å²) in [5, 5.41) is 19.3. The highest BCUT2D eigenvalue weighted by Gasteiger charge is 2.54. The predicted molar refractivity (Wildman–Crippen MR) is 83.7 cm³/mol. The van der Waals surface area contributed by atoms with Gasteiger partial charge < -0.3 is 0 Å².